The summed E-state index contributed by atoms with van der Waals surface area (Å²) in [6.07, 6.45) is 0. The molecule has 0 fully saturated rings. The van der Waals surface area contributed by atoms with Gasteiger partial charge in [-0.25, -0.2) is 0 Å². The first-order valence-electron chi connectivity index (χ1n) is 5.78. The minimum absolute atomic E-state index is 0.202. The van der Waals surface area contributed by atoms with Gasteiger partial charge in [-0.3, -0.25) is 0 Å². The minimum atomic E-state index is 0.202. The first-order valence-corrected chi connectivity index (χ1v) is 5.78. The van der Waals surface area contributed by atoms with Crippen LogP contribution in [0.3, 0.4) is 0 Å². The molecule has 6 heteroatoms. The van der Waals surface area contributed by atoms with Crippen LogP contribution >= 0.6 is 0 Å². The molecular formula is C12H20N2O4. The quantitative estimate of drug-likeness (QED) is 0.462. The van der Waals surface area contributed by atoms with E-state index in [9.17, 15) is 0 Å². The zero-order chi connectivity index (χ0) is 13.1. The summed E-state index contributed by atoms with van der Waals surface area (Å²) >= 11 is 0. The van der Waals surface area contributed by atoms with Gasteiger partial charge < -0.3 is 30.4 Å². The molecule has 1 aromatic rings. The lowest BCUT2D eigenvalue weighted by atomic mass is 10.3. The van der Waals surface area contributed by atoms with Gasteiger partial charge in [-0.05, 0) is 12.1 Å². The van der Waals surface area contributed by atoms with E-state index >= 15 is 0 Å². The average molecular weight is 256 g/mol. The van der Waals surface area contributed by atoms with Crippen LogP contribution in [0.2, 0.25) is 0 Å². The second-order valence-electron chi connectivity index (χ2n) is 3.32. The number of ether oxygens (including phenoxy) is 4. The van der Waals surface area contributed by atoms with Crippen LogP contribution in [-0.2, 0) is 9.47 Å². The van der Waals surface area contributed by atoms with E-state index in [1.807, 2.05) is 24.3 Å². The summed E-state index contributed by atoms with van der Waals surface area (Å²) in [4.78, 5) is 0. The van der Waals surface area contributed by atoms with Crippen molar-refractivity contribution in [1.29, 1.82) is 0 Å². The van der Waals surface area contributed by atoms with E-state index in [0.29, 0.717) is 26.4 Å². The second kappa shape index (κ2) is 9.67. The van der Waals surface area contributed by atoms with Gasteiger partial charge in [0, 0.05) is 6.07 Å². The normalized spacial score (nSPS) is 10.3. The zero-order valence-corrected chi connectivity index (χ0v) is 10.3. The minimum Gasteiger partial charge on any atom is -0.491 e. The van der Waals surface area contributed by atoms with Gasteiger partial charge in [-0.15, -0.1) is 0 Å². The van der Waals surface area contributed by atoms with Crippen LogP contribution in [0.4, 0.5) is 0 Å². The molecule has 102 valence electrons. The predicted octanol–water partition coefficient (Wildman–Crippen LogP) is 0.310. The Morgan fingerprint density at radius 3 is 1.72 bits per heavy atom. The largest absolute Gasteiger partial charge is 0.491 e. The smallest absolute Gasteiger partial charge is 0.123 e. The van der Waals surface area contributed by atoms with Crippen LogP contribution in [0.5, 0.6) is 11.5 Å². The van der Waals surface area contributed by atoms with Crippen molar-refractivity contribution in [3.8, 4) is 11.5 Å². The van der Waals surface area contributed by atoms with Crippen LogP contribution in [0.25, 0.3) is 0 Å². The van der Waals surface area contributed by atoms with Crippen molar-refractivity contribution in [2.24, 2.45) is 11.5 Å². The van der Waals surface area contributed by atoms with Gasteiger partial charge in [-0.1, -0.05) is 6.07 Å². The molecule has 4 N–H and O–H groups in total. The van der Waals surface area contributed by atoms with Crippen molar-refractivity contribution in [3.63, 3.8) is 0 Å². The third-order valence-electron chi connectivity index (χ3n) is 2.03. The molecule has 0 bridgehead atoms. The molecular weight excluding hydrogens is 236 g/mol. The second-order valence-corrected chi connectivity index (χ2v) is 3.32. The first-order chi connectivity index (χ1) is 8.86. The summed E-state index contributed by atoms with van der Waals surface area (Å²) in [5.41, 5.74) is 10.4. The van der Waals surface area contributed by atoms with Gasteiger partial charge in [0.15, 0.2) is 0 Å². The molecule has 6 nitrogen and oxygen atoms in total. The van der Waals surface area contributed by atoms with Crippen LogP contribution in [-0.4, -0.2) is 39.9 Å². The third kappa shape index (κ3) is 6.41. The summed E-state index contributed by atoms with van der Waals surface area (Å²) < 4.78 is 20.9. The maximum atomic E-state index is 5.46. The lowest BCUT2D eigenvalue weighted by Crippen LogP contribution is -2.12. The highest BCUT2D eigenvalue weighted by Gasteiger charge is 1.98. The molecule has 0 unspecified atom stereocenters. The van der Waals surface area contributed by atoms with Crippen molar-refractivity contribution in [3.05, 3.63) is 24.3 Å². The van der Waals surface area contributed by atoms with E-state index in [2.05, 4.69) is 0 Å². The number of hydrogen-bond acceptors (Lipinski definition) is 6. The molecule has 18 heavy (non-hydrogen) atoms. The number of hydrogen-bond donors (Lipinski definition) is 2. The summed E-state index contributed by atoms with van der Waals surface area (Å²) in [5, 5.41) is 0. The molecule has 0 atom stereocenters. The van der Waals surface area contributed by atoms with E-state index in [-0.39, 0.29) is 13.5 Å². The van der Waals surface area contributed by atoms with E-state index in [4.69, 9.17) is 30.4 Å². The van der Waals surface area contributed by atoms with E-state index in [1.54, 1.807) is 0 Å². The van der Waals surface area contributed by atoms with Crippen LogP contribution < -0.4 is 20.9 Å². The number of nitrogens with two attached hydrogens (primary N) is 2. The molecule has 0 amide bonds. The Hall–Kier alpha value is -1.34. The first kappa shape index (κ1) is 14.7. The Labute approximate surface area is 107 Å². The van der Waals surface area contributed by atoms with Crippen LogP contribution in [0, 0.1) is 0 Å². The summed E-state index contributed by atoms with van der Waals surface area (Å²) in [7, 11) is 0. The van der Waals surface area contributed by atoms with Gasteiger partial charge in [0.1, 0.15) is 24.7 Å². The molecule has 0 saturated carbocycles. The summed E-state index contributed by atoms with van der Waals surface area (Å²) in [5.74, 6) is 1.46. The van der Waals surface area contributed by atoms with Crippen molar-refractivity contribution in [2.45, 2.75) is 0 Å². The van der Waals surface area contributed by atoms with Crippen molar-refractivity contribution < 1.29 is 18.9 Å². The lowest BCUT2D eigenvalue weighted by molar-refractivity contribution is 0.102. The Morgan fingerprint density at radius 1 is 0.778 bits per heavy atom. The van der Waals surface area contributed by atoms with Crippen LogP contribution in [0.15, 0.2) is 24.3 Å². The zero-order valence-electron chi connectivity index (χ0n) is 10.3. The molecule has 1 aromatic carbocycles. The molecule has 0 radical (unpaired) electrons. The average Bonchev–Trinajstić information content (AvgIpc) is 2.40. The van der Waals surface area contributed by atoms with E-state index in [0.717, 1.165) is 11.5 Å². The van der Waals surface area contributed by atoms with Gasteiger partial charge in [-0.2, -0.15) is 0 Å². The van der Waals surface area contributed by atoms with Crippen molar-refractivity contribution in [2.75, 3.05) is 39.9 Å². The van der Waals surface area contributed by atoms with E-state index in [1.165, 1.54) is 0 Å². The fourth-order valence-electron chi connectivity index (χ4n) is 1.26. The monoisotopic (exact) mass is 256 g/mol. The molecule has 0 aliphatic heterocycles. The standard InChI is InChI=1S/C12H20N2O4/c13-9-15-4-6-17-11-2-1-3-12(8-11)18-7-5-16-10-14/h1-3,8H,4-7,9-10,13-14H2. The van der Waals surface area contributed by atoms with Gasteiger partial charge in [0.25, 0.3) is 0 Å². The van der Waals surface area contributed by atoms with E-state index < -0.39 is 0 Å². The molecule has 0 aromatic heterocycles. The Balaban J connectivity index is 2.27. The summed E-state index contributed by atoms with van der Waals surface area (Å²) in [6, 6.07) is 7.38. The lowest BCUT2D eigenvalue weighted by Gasteiger charge is -2.09. The van der Waals surface area contributed by atoms with Crippen molar-refractivity contribution in [1.82, 2.24) is 0 Å². The molecule has 0 heterocycles. The van der Waals surface area contributed by atoms with Crippen LogP contribution in [0.1, 0.15) is 0 Å². The topological polar surface area (TPSA) is 89.0 Å². The maximum absolute atomic E-state index is 5.46. The highest BCUT2D eigenvalue weighted by Crippen LogP contribution is 2.19. The molecule has 0 saturated heterocycles. The van der Waals surface area contributed by atoms with Gasteiger partial charge in [0.2, 0.25) is 0 Å². The fourth-order valence-corrected chi connectivity index (χ4v) is 1.26. The molecule has 1 rings (SSSR count). The third-order valence-corrected chi connectivity index (χ3v) is 2.03. The van der Waals surface area contributed by atoms with Gasteiger partial charge >= 0.3 is 0 Å². The summed E-state index contributed by atoms with van der Waals surface area (Å²) in [6.45, 7) is 2.24. The molecule has 0 spiro atoms. The highest BCUT2D eigenvalue weighted by molar-refractivity contribution is 5.32. The fraction of sp³-hybridized carbons (Fsp3) is 0.500. The SMILES string of the molecule is NCOCCOc1cccc(OCCOCN)c1. The molecule has 0 aliphatic rings. The Kier molecular flexibility index (Phi) is 7.90. The number of benzene rings is 1. The molecule has 0 aliphatic carbocycles. The van der Waals surface area contributed by atoms with Gasteiger partial charge in [0.05, 0.1) is 26.7 Å². The Bertz CT molecular complexity index is 295. The predicted molar refractivity (Wildman–Crippen MR) is 67.4 cm³/mol. The van der Waals surface area contributed by atoms with Crippen molar-refractivity contribution >= 4 is 0 Å². The highest BCUT2D eigenvalue weighted by atomic mass is 16.5. The Morgan fingerprint density at radius 2 is 1.28 bits per heavy atom. The maximum Gasteiger partial charge on any atom is 0.123 e. The number of rotatable bonds is 10.